The second-order valence-electron chi connectivity index (χ2n) is 1.77. The van der Waals surface area contributed by atoms with Crippen LogP contribution in [-0.4, -0.2) is 12.6 Å². The topological polar surface area (TPSA) is 26.3 Å². The Morgan fingerprint density at radius 2 is 2.56 bits per heavy atom. The van der Waals surface area contributed by atoms with Crippen molar-refractivity contribution in [1.82, 2.24) is 0 Å². The molecule has 0 spiro atoms. The van der Waals surface area contributed by atoms with E-state index < -0.39 is 0 Å². The van der Waals surface area contributed by atoms with Crippen LogP contribution in [-0.2, 0) is 9.53 Å². The highest BCUT2D eigenvalue weighted by atomic mass is 16.5. The van der Waals surface area contributed by atoms with Crippen molar-refractivity contribution in [1.29, 1.82) is 0 Å². The molecule has 9 heavy (non-hydrogen) atoms. The van der Waals surface area contributed by atoms with Gasteiger partial charge >= 0.3 is 5.97 Å². The maximum absolute atomic E-state index is 10.6. The number of rotatable bonds is 3. The van der Waals surface area contributed by atoms with Crippen molar-refractivity contribution in [2.75, 3.05) is 6.61 Å². The highest BCUT2D eigenvalue weighted by Crippen LogP contribution is 1.91. The van der Waals surface area contributed by atoms with Crippen LogP contribution >= 0.6 is 0 Å². The van der Waals surface area contributed by atoms with Crippen LogP contribution in [0.2, 0.25) is 0 Å². The molecule has 0 amide bonds. The minimum atomic E-state index is -0.367. The van der Waals surface area contributed by atoms with Gasteiger partial charge in [-0.2, -0.15) is 0 Å². The minimum absolute atomic E-state index is 0.295. The lowest BCUT2D eigenvalue weighted by Gasteiger charge is -1.99. The number of carbonyl (C=O) groups excluding carboxylic acids is 1. The van der Waals surface area contributed by atoms with E-state index in [1.807, 2.05) is 0 Å². The zero-order valence-corrected chi connectivity index (χ0v) is 5.64. The van der Waals surface area contributed by atoms with Crippen molar-refractivity contribution in [2.45, 2.75) is 20.2 Å². The molecule has 0 fully saturated rings. The van der Waals surface area contributed by atoms with Gasteiger partial charge in [0.25, 0.3) is 0 Å². The largest absolute Gasteiger partial charge is 0.462 e. The quantitative estimate of drug-likeness (QED) is 0.329. The van der Waals surface area contributed by atoms with Gasteiger partial charge in [0.2, 0.25) is 0 Å². The summed E-state index contributed by atoms with van der Waals surface area (Å²) in [5, 5.41) is 0. The highest BCUT2D eigenvalue weighted by molar-refractivity contribution is 5.86. The van der Waals surface area contributed by atoms with Crippen molar-refractivity contribution in [3.8, 4) is 0 Å². The van der Waals surface area contributed by atoms with Gasteiger partial charge in [-0.25, -0.2) is 4.79 Å². The predicted molar refractivity (Wildman–Crippen MR) is 36.1 cm³/mol. The predicted octanol–water partition coefficient (Wildman–Crippen LogP) is 1.52. The third kappa shape index (κ3) is 3.76. The number of hydrogen-bond donors (Lipinski definition) is 0. The first kappa shape index (κ1) is 6.33. The zero-order chi connectivity index (χ0) is 7.98. The van der Waals surface area contributed by atoms with E-state index >= 15 is 0 Å². The van der Waals surface area contributed by atoms with E-state index in [-0.39, 0.29) is 5.97 Å². The molecule has 0 aromatic carbocycles. The third-order valence-electron chi connectivity index (χ3n) is 0.726. The lowest BCUT2D eigenvalue weighted by atomic mass is 10.4. The molecule has 0 heterocycles. The maximum atomic E-state index is 10.6. The van der Waals surface area contributed by atoms with Crippen LogP contribution in [0.1, 0.15) is 21.6 Å². The molecule has 52 valence electrons. The Bertz CT molecular complexity index is 132. The summed E-state index contributed by atoms with van der Waals surface area (Å²) >= 11 is 0. The Morgan fingerprint density at radius 1 is 1.89 bits per heavy atom. The molecule has 0 unspecified atom stereocenters. The first-order valence-corrected chi connectivity index (χ1v) is 2.80. The van der Waals surface area contributed by atoms with E-state index in [1.54, 1.807) is 6.92 Å². The van der Waals surface area contributed by atoms with Gasteiger partial charge in [0, 0.05) is 6.94 Å². The average Bonchev–Trinajstić information content (AvgIpc) is 1.88. The molecule has 0 aromatic rings. The fourth-order valence-electron chi connectivity index (χ4n) is 0.288. The van der Waals surface area contributed by atoms with E-state index in [9.17, 15) is 4.79 Å². The van der Waals surface area contributed by atoms with Crippen LogP contribution in [0.15, 0.2) is 12.2 Å². The average molecular weight is 130 g/mol. The van der Waals surface area contributed by atoms with Crippen molar-refractivity contribution in [3.63, 3.8) is 0 Å². The molecule has 2 heteroatoms. The summed E-state index contributed by atoms with van der Waals surface area (Å²) in [4.78, 5) is 10.6. The molecule has 0 aliphatic carbocycles. The minimum Gasteiger partial charge on any atom is -0.462 e. The summed E-state index contributed by atoms with van der Waals surface area (Å²) in [6.07, 6.45) is 0.596. The Labute approximate surface area is 56.9 Å². The van der Waals surface area contributed by atoms with Crippen LogP contribution in [0.4, 0.5) is 0 Å². The monoisotopic (exact) mass is 130 g/mol. The van der Waals surface area contributed by atoms with E-state index in [0.717, 1.165) is 0 Å². The smallest absolute Gasteiger partial charge is 0.333 e. The van der Waals surface area contributed by atoms with Gasteiger partial charge in [0.15, 0.2) is 0 Å². The first-order chi connectivity index (χ1) is 4.68. The van der Waals surface area contributed by atoms with Gasteiger partial charge < -0.3 is 4.74 Å². The molecule has 0 aliphatic heterocycles. The van der Waals surface area contributed by atoms with Crippen molar-refractivity contribution in [3.05, 3.63) is 12.2 Å². The standard InChI is InChI=1S/C7H12O2/c1-4-5-9-7(8)6(2)3/h2,4-5H2,1,3H3/i1T. The van der Waals surface area contributed by atoms with E-state index in [0.29, 0.717) is 25.5 Å². The summed E-state index contributed by atoms with van der Waals surface area (Å²) in [5.74, 6) is -0.367. The SMILES string of the molecule is [3H]CCCOC(=O)C(=C)C. The van der Waals surface area contributed by atoms with Crippen LogP contribution in [0.5, 0.6) is 0 Å². The fourth-order valence-corrected chi connectivity index (χ4v) is 0.288. The van der Waals surface area contributed by atoms with E-state index in [1.165, 1.54) is 0 Å². The highest BCUT2D eigenvalue weighted by Gasteiger charge is 1.99. The summed E-state index contributed by atoms with van der Waals surface area (Å²) < 4.78 is 11.4. The molecule has 0 saturated carbocycles. The normalized spacial score (nSPS) is 10.1. The van der Waals surface area contributed by atoms with Crippen LogP contribution in [0.25, 0.3) is 0 Å². The Balaban J connectivity index is 3.31. The van der Waals surface area contributed by atoms with Gasteiger partial charge in [-0.1, -0.05) is 13.5 Å². The number of esters is 1. The molecule has 0 atom stereocenters. The zero-order valence-electron chi connectivity index (χ0n) is 6.64. The van der Waals surface area contributed by atoms with Gasteiger partial charge in [-0.05, 0) is 13.3 Å². The molecule has 0 aliphatic rings. The molecule has 0 rings (SSSR count). The second kappa shape index (κ2) is 4.13. The summed E-state index contributed by atoms with van der Waals surface area (Å²) in [6, 6.07) is 0. The van der Waals surface area contributed by atoms with Gasteiger partial charge in [0.05, 0.1) is 6.61 Å². The fraction of sp³-hybridized carbons (Fsp3) is 0.571. The summed E-state index contributed by atoms with van der Waals surface area (Å²) in [7, 11) is 0. The van der Waals surface area contributed by atoms with Gasteiger partial charge in [-0.3, -0.25) is 0 Å². The van der Waals surface area contributed by atoms with Crippen LogP contribution in [0, 0.1) is 0 Å². The van der Waals surface area contributed by atoms with Crippen molar-refractivity contribution in [2.24, 2.45) is 0 Å². The summed E-state index contributed by atoms with van der Waals surface area (Å²) in [5.41, 5.74) is 0.407. The molecule has 2 nitrogen and oxygen atoms in total. The van der Waals surface area contributed by atoms with E-state index in [4.69, 9.17) is 1.37 Å². The number of hydrogen-bond acceptors (Lipinski definition) is 2. The molecule has 0 radical (unpaired) electrons. The van der Waals surface area contributed by atoms with Gasteiger partial charge in [-0.15, -0.1) is 0 Å². The van der Waals surface area contributed by atoms with Crippen molar-refractivity contribution >= 4 is 5.97 Å². The van der Waals surface area contributed by atoms with E-state index in [2.05, 4.69) is 11.3 Å². The third-order valence-corrected chi connectivity index (χ3v) is 0.726. The maximum Gasteiger partial charge on any atom is 0.333 e. The first-order valence-electron chi connectivity index (χ1n) is 3.51. The van der Waals surface area contributed by atoms with Crippen LogP contribution < -0.4 is 0 Å². The summed E-state index contributed by atoms with van der Waals surface area (Å²) in [6.45, 7) is 5.64. The number of ether oxygens (including phenoxy) is 1. The lowest BCUT2D eigenvalue weighted by molar-refractivity contribution is -0.138. The second-order valence-corrected chi connectivity index (χ2v) is 1.77. The molecule has 0 N–H and O–H groups in total. The van der Waals surface area contributed by atoms with Gasteiger partial charge in [0.1, 0.15) is 0 Å². The molecular formula is C7H12O2. The Hall–Kier alpha value is -0.790. The molecular weight excluding hydrogens is 116 g/mol. The molecule has 0 saturated heterocycles. The van der Waals surface area contributed by atoms with Crippen LogP contribution in [0.3, 0.4) is 0 Å². The number of carbonyl (C=O) groups is 1. The molecule has 0 bridgehead atoms. The molecule has 0 aromatic heterocycles. The Kier molecular flexibility index (Phi) is 2.90. The Morgan fingerprint density at radius 3 is 3.00 bits per heavy atom. The van der Waals surface area contributed by atoms with Crippen molar-refractivity contribution < 1.29 is 10.9 Å². The lowest BCUT2D eigenvalue weighted by Crippen LogP contribution is -2.04.